The molecule has 1 saturated heterocycles. The zero-order valence-corrected chi connectivity index (χ0v) is 22.4. The largest absolute Gasteiger partial charge is 0.494 e. The number of ether oxygens (including phenoxy) is 2. The lowest BCUT2D eigenvalue weighted by atomic mass is 9.98. The van der Waals surface area contributed by atoms with E-state index in [1.165, 1.54) is 43.7 Å². The third kappa shape index (κ3) is 5.19. The van der Waals surface area contributed by atoms with Crippen molar-refractivity contribution < 1.29 is 27.9 Å². The van der Waals surface area contributed by atoms with Gasteiger partial charge < -0.3 is 9.47 Å². The highest BCUT2D eigenvalue weighted by molar-refractivity contribution is 7.93. The maximum Gasteiger partial charge on any atom is 0.265 e. The summed E-state index contributed by atoms with van der Waals surface area (Å²) in [5.74, 6) is -0.381. The van der Waals surface area contributed by atoms with Crippen molar-refractivity contribution in [2.75, 3.05) is 19.8 Å². The highest BCUT2D eigenvalue weighted by Gasteiger charge is 2.52. The number of aryl methyl sites for hydroxylation is 1. The molecule has 3 aromatic carbocycles. The molecule has 1 aliphatic heterocycles. The number of fused-ring (bicyclic) bond motifs is 1. The van der Waals surface area contributed by atoms with E-state index in [4.69, 9.17) is 9.47 Å². The Bertz CT molecular complexity index is 1490. The quantitative estimate of drug-likeness (QED) is 0.164. The Morgan fingerprint density at radius 3 is 2.50 bits per heavy atom. The smallest absolute Gasteiger partial charge is 0.265 e. The predicted molar refractivity (Wildman–Crippen MR) is 147 cm³/mol. The van der Waals surface area contributed by atoms with Gasteiger partial charge in [-0.25, -0.2) is 13.9 Å². The third-order valence-corrected chi connectivity index (χ3v) is 10.7. The summed E-state index contributed by atoms with van der Waals surface area (Å²) in [7, 11) is -4.06. The van der Waals surface area contributed by atoms with Gasteiger partial charge in [-0.05, 0) is 78.6 Å². The molecule has 1 aliphatic rings. The number of amides is 1. The van der Waals surface area contributed by atoms with Crippen molar-refractivity contribution >= 4 is 37.2 Å². The highest BCUT2D eigenvalue weighted by atomic mass is 32.2. The summed E-state index contributed by atoms with van der Waals surface area (Å²) < 4.78 is 37.3. The Kier molecular flexibility index (Phi) is 7.80. The summed E-state index contributed by atoms with van der Waals surface area (Å²) in [6.07, 6.45) is 1.61. The Morgan fingerprint density at radius 1 is 1.00 bits per heavy atom. The van der Waals surface area contributed by atoms with Gasteiger partial charge in [0, 0.05) is 22.8 Å². The second kappa shape index (κ2) is 11.2. The van der Waals surface area contributed by atoms with Crippen molar-refractivity contribution in [3.63, 3.8) is 0 Å². The molecule has 198 valence electrons. The average Bonchev–Trinajstić information content (AvgIpc) is 3.40. The Hall–Kier alpha value is -3.24. The number of hydrogen-bond donors (Lipinski definition) is 2. The van der Waals surface area contributed by atoms with Crippen LogP contribution in [0, 0.1) is 0 Å². The molecule has 4 aromatic rings. The molecular weight excluding hydrogens is 522 g/mol. The van der Waals surface area contributed by atoms with Crippen molar-refractivity contribution in [3.8, 4) is 16.2 Å². The van der Waals surface area contributed by atoms with Crippen LogP contribution < -0.4 is 10.2 Å². The zero-order chi connectivity index (χ0) is 26.6. The average molecular weight is 552 g/mol. The van der Waals surface area contributed by atoms with E-state index in [-0.39, 0.29) is 31.0 Å². The lowest BCUT2D eigenvalue weighted by molar-refractivity contribution is -0.134. The van der Waals surface area contributed by atoms with Gasteiger partial charge in [-0.3, -0.25) is 10.0 Å². The SMILES string of the molecule is O=C(NO)C1(S(=O)(=O)c2ccc(OCCCc3cccc(-c4cc5ccccc5s4)c3)cc2)CCOCC1. The monoisotopic (exact) mass is 551 g/mol. The number of nitrogens with one attached hydrogen (secondary N) is 1. The molecule has 0 atom stereocenters. The fraction of sp³-hybridized carbons (Fsp3) is 0.276. The van der Waals surface area contributed by atoms with Crippen LogP contribution in [-0.4, -0.2) is 44.1 Å². The lowest BCUT2D eigenvalue weighted by Gasteiger charge is -2.34. The van der Waals surface area contributed by atoms with Gasteiger partial charge in [-0.1, -0.05) is 42.5 Å². The van der Waals surface area contributed by atoms with Gasteiger partial charge in [-0.2, -0.15) is 0 Å². The van der Waals surface area contributed by atoms with E-state index in [1.54, 1.807) is 23.5 Å². The first kappa shape index (κ1) is 26.4. The van der Waals surface area contributed by atoms with Crippen LogP contribution >= 0.6 is 11.3 Å². The number of hydroxylamine groups is 1. The number of sulfone groups is 1. The maximum absolute atomic E-state index is 13.4. The van der Waals surface area contributed by atoms with E-state index in [0.29, 0.717) is 12.4 Å². The van der Waals surface area contributed by atoms with Gasteiger partial charge in [0.25, 0.3) is 5.91 Å². The normalized spacial score (nSPS) is 15.3. The molecular formula is C29H29NO6S2. The van der Waals surface area contributed by atoms with E-state index in [1.807, 2.05) is 0 Å². The molecule has 1 amide bonds. The van der Waals surface area contributed by atoms with Gasteiger partial charge in [0.1, 0.15) is 5.75 Å². The minimum absolute atomic E-state index is 0.00778. The van der Waals surface area contributed by atoms with Crippen molar-refractivity contribution in [2.45, 2.75) is 35.3 Å². The molecule has 0 aliphatic carbocycles. The van der Waals surface area contributed by atoms with Crippen LogP contribution in [0.3, 0.4) is 0 Å². The molecule has 2 heterocycles. The number of carbonyl (C=O) groups is 1. The Labute approximate surface area is 225 Å². The van der Waals surface area contributed by atoms with Gasteiger partial charge >= 0.3 is 0 Å². The standard InChI is InChI=1S/C29H29NO6S2/c31-28(30-32)29(14-17-35-18-15-29)38(33,34)25-12-10-24(11-13-25)36-16-4-6-21-5-3-8-22(19-21)27-20-23-7-1-2-9-26(23)37-27/h1-3,5,7-13,19-20,32H,4,6,14-18H2,(H,30,31). The predicted octanol–water partition coefficient (Wildman–Crippen LogP) is 5.41. The minimum Gasteiger partial charge on any atom is -0.494 e. The number of hydrogen-bond acceptors (Lipinski definition) is 7. The van der Waals surface area contributed by atoms with Crippen LogP contribution in [0.15, 0.2) is 83.8 Å². The first-order valence-corrected chi connectivity index (χ1v) is 14.8. The number of rotatable bonds is 9. The first-order chi connectivity index (χ1) is 18.4. The van der Waals surface area contributed by atoms with Crippen molar-refractivity contribution in [1.29, 1.82) is 0 Å². The van der Waals surface area contributed by atoms with E-state index in [9.17, 15) is 18.4 Å². The molecule has 38 heavy (non-hydrogen) atoms. The molecule has 0 spiro atoms. The number of carbonyl (C=O) groups excluding carboxylic acids is 1. The molecule has 1 aromatic heterocycles. The Morgan fingerprint density at radius 2 is 1.76 bits per heavy atom. The van der Waals surface area contributed by atoms with Crippen LogP contribution in [-0.2, 0) is 25.8 Å². The summed E-state index contributed by atoms with van der Waals surface area (Å²) in [6, 6.07) is 25.3. The van der Waals surface area contributed by atoms with E-state index < -0.39 is 20.5 Å². The maximum atomic E-state index is 13.4. The fourth-order valence-electron chi connectivity index (χ4n) is 4.83. The molecule has 0 radical (unpaired) electrons. The lowest BCUT2D eigenvalue weighted by Crippen LogP contribution is -2.54. The highest BCUT2D eigenvalue weighted by Crippen LogP contribution is 2.36. The second-order valence-corrected chi connectivity index (χ2v) is 12.7. The molecule has 0 bridgehead atoms. The molecule has 7 nitrogen and oxygen atoms in total. The third-order valence-electron chi connectivity index (χ3n) is 6.98. The van der Waals surface area contributed by atoms with E-state index in [2.05, 4.69) is 54.6 Å². The summed E-state index contributed by atoms with van der Waals surface area (Å²) in [5, 5.41) is 10.4. The minimum atomic E-state index is -4.06. The summed E-state index contributed by atoms with van der Waals surface area (Å²) >= 11 is 1.79. The second-order valence-electron chi connectivity index (χ2n) is 9.32. The Balaban J connectivity index is 1.19. The summed E-state index contributed by atoms with van der Waals surface area (Å²) in [4.78, 5) is 13.6. The molecule has 0 unspecified atom stereocenters. The van der Waals surface area contributed by atoms with Crippen LogP contribution in [0.25, 0.3) is 20.5 Å². The fourth-order valence-corrected chi connectivity index (χ4v) is 7.83. The first-order valence-electron chi connectivity index (χ1n) is 12.5. The molecule has 0 saturated carbocycles. The van der Waals surface area contributed by atoms with Crippen molar-refractivity contribution in [1.82, 2.24) is 5.48 Å². The van der Waals surface area contributed by atoms with Crippen LogP contribution in [0.2, 0.25) is 0 Å². The van der Waals surface area contributed by atoms with Crippen molar-refractivity contribution in [3.05, 3.63) is 84.4 Å². The number of thiophene rings is 1. The van der Waals surface area contributed by atoms with E-state index in [0.717, 1.165) is 12.8 Å². The van der Waals surface area contributed by atoms with Crippen LogP contribution in [0.5, 0.6) is 5.75 Å². The molecule has 9 heteroatoms. The van der Waals surface area contributed by atoms with Gasteiger partial charge in [0.05, 0.1) is 11.5 Å². The van der Waals surface area contributed by atoms with Crippen molar-refractivity contribution in [2.24, 2.45) is 0 Å². The van der Waals surface area contributed by atoms with Gasteiger partial charge in [0.2, 0.25) is 0 Å². The zero-order valence-electron chi connectivity index (χ0n) is 20.8. The summed E-state index contributed by atoms with van der Waals surface area (Å²) in [6.45, 7) is 0.731. The van der Waals surface area contributed by atoms with E-state index >= 15 is 0 Å². The van der Waals surface area contributed by atoms with Gasteiger partial charge in [-0.15, -0.1) is 11.3 Å². The number of benzene rings is 3. The molecule has 5 rings (SSSR count). The molecule has 1 fully saturated rings. The topological polar surface area (TPSA) is 102 Å². The van der Waals surface area contributed by atoms with Crippen LogP contribution in [0.4, 0.5) is 0 Å². The van der Waals surface area contributed by atoms with Gasteiger partial charge in [0.15, 0.2) is 14.6 Å². The molecule has 2 N–H and O–H groups in total. The summed E-state index contributed by atoms with van der Waals surface area (Å²) in [5.41, 5.74) is 3.97. The van der Waals surface area contributed by atoms with Crippen LogP contribution in [0.1, 0.15) is 24.8 Å².